The van der Waals surface area contributed by atoms with Gasteiger partial charge in [0, 0.05) is 0 Å². The average Bonchev–Trinajstić information content (AvgIpc) is 3.26. The van der Waals surface area contributed by atoms with Crippen molar-refractivity contribution in [3.8, 4) is 5.75 Å². The largest absolute Gasteiger partial charge is 0.493 e. The molecule has 3 rings (SSSR count). The number of aryl methyl sites for hydroxylation is 1. The number of ether oxygens (including phenoxy) is 1. The molecule has 0 spiro atoms. The smallest absolute Gasteiger partial charge is 0.119 e. The van der Waals surface area contributed by atoms with Crippen molar-refractivity contribution in [3.63, 3.8) is 0 Å². The molecule has 1 fully saturated rings. The topological polar surface area (TPSA) is 29.5 Å². The summed E-state index contributed by atoms with van der Waals surface area (Å²) in [6, 6.07) is 18.2. The lowest BCUT2D eigenvalue weighted by atomic mass is 9.76. The van der Waals surface area contributed by atoms with Crippen LogP contribution in [0.1, 0.15) is 30.9 Å². The van der Waals surface area contributed by atoms with Crippen molar-refractivity contribution < 1.29 is 9.84 Å². The predicted octanol–water partition coefficient (Wildman–Crippen LogP) is 3.86. The summed E-state index contributed by atoms with van der Waals surface area (Å²) in [7, 11) is 0. The Morgan fingerprint density at radius 3 is 2.24 bits per heavy atom. The van der Waals surface area contributed by atoms with Gasteiger partial charge in [0.1, 0.15) is 12.4 Å². The standard InChI is InChI=1S/C19H22O2/c1-15-8-10-16(11-9-15)18(2,19(20)12-13-19)14-21-17-6-4-3-5-7-17/h3-11,20H,12-14H2,1-2H3. The Morgan fingerprint density at radius 2 is 1.67 bits per heavy atom. The predicted molar refractivity (Wildman–Crippen MR) is 84.7 cm³/mol. The molecule has 0 saturated heterocycles. The minimum absolute atomic E-state index is 0.378. The van der Waals surface area contributed by atoms with E-state index in [1.54, 1.807) is 0 Å². The maximum atomic E-state index is 10.8. The lowest BCUT2D eigenvalue weighted by Gasteiger charge is -2.35. The number of para-hydroxylation sites is 1. The molecule has 0 aliphatic heterocycles. The minimum Gasteiger partial charge on any atom is -0.493 e. The van der Waals surface area contributed by atoms with Crippen LogP contribution in [0, 0.1) is 6.92 Å². The Hall–Kier alpha value is -1.80. The van der Waals surface area contributed by atoms with E-state index in [0.717, 1.165) is 24.2 Å². The van der Waals surface area contributed by atoms with E-state index in [0.29, 0.717) is 6.61 Å². The molecule has 110 valence electrons. The molecule has 0 heterocycles. The van der Waals surface area contributed by atoms with Gasteiger partial charge in [0.15, 0.2) is 0 Å². The third-order valence-corrected chi connectivity index (χ3v) is 4.71. The third kappa shape index (κ3) is 2.68. The molecular formula is C19H22O2. The number of hydrogen-bond donors (Lipinski definition) is 1. The molecule has 1 aliphatic carbocycles. The van der Waals surface area contributed by atoms with E-state index in [1.165, 1.54) is 5.56 Å². The third-order valence-electron chi connectivity index (χ3n) is 4.71. The first kappa shape index (κ1) is 14.2. The molecule has 2 heteroatoms. The summed E-state index contributed by atoms with van der Waals surface area (Å²) in [5, 5.41) is 10.8. The summed E-state index contributed by atoms with van der Waals surface area (Å²) in [4.78, 5) is 0. The second-order valence-electron chi connectivity index (χ2n) is 6.33. The lowest BCUT2D eigenvalue weighted by Crippen LogP contribution is -2.44. The Balaban J connectivity index is 1.85. The Bertz CT molecular complexity index is 599. The lowest BCUT2D eigenvalue weighted by molar-refractivity contribution is 0.0337. The van der Waals surface area contributed by atoms with Gasteiger partial charge >= 0.3 is 0 Å². The summed E-state index contributed by atoms with van der Waals surface area (Å²) in [5.41, 5.74) is 1.35. The van der Waals surface area contributed by atoms with Gasteiger partial charge in [-0.2, -0.15) is 0 Å². The van der Waals surface area contributed by atoms with E-state index >= 15 is 0 Å². The molecular weight excluding hydrogens is 260 g/mol. The molecule has 1 aliphatic rings. The van der Waals surface area contributed by atoms with Gasteiger partial charge in [0.2, 0.25) is 0 Å². The second kappa shape index (κ2) is 5.19. The van der Waals surface area contributed by atoms with E-state index in [2.05, 4.69) is 38.1 Å². The highest BCUT2D eigenvalue weighted by atomic mass is 16.5. The number of aliphatic hydroxyl groups is 1. The van der Waals surface area contributed by atoms with Crippen LogP contribution in [0.2, 0.25) is 0 Å². The van der Waals surface area contributed by atoms with Crippen LogP contribution in [0.4, 0.5) is 0 Å². The molecule has 0 radical (unpaired) electrons. The van der Waals surface area contributed by atoms with E-state index in [1.807, 2.05) is 30.3 Å². The van der Waals surface area contributed by atoms with E-state index in [9.17, 15) is 5.11 Å². The van der Waals surface area contributed by atoms with Crippen molar-refractivity contribution in [2.24, 2.45) is 0 Å². The van der Waals surface area contributed by atoms with Gasteiger partial charge in [0.05, 0.1) is 11.0 Å². The van der Waals surface area contributed by atoms with E-state index in [4.69, 9.17) is 4.74 Å². The minimum atomic E-state index is -0.642. The van der Waals surface area contributed by atoms with Crippen LogP contribution in [0.15, 0.2) is 54.6 Å². The monoisotopic (exact) mass is 282 g/mol. The van der Waals surface area contributed by atoms with Crippen molar-refractivity contribution in [3.05, 3.63) is 65.7 Å². The molecule has 1 N–H and O–H groups in total. The van der Waals surface area contributed by atoms with Crippen LogP contribution in [0.5, 0.6) is 5.75 Å². The van der Waals surface area contributed by atoms with Crippen molar-refractivity contribution in [2.75, 3.05) is 6.61 Å². The summed E-state index contributed by atoms with van der Waals surface area (Å²) >= 11 is 0. The number of rotatable bonds is 5. The van der Waals surface area contributed by atoms with Crippen LogP contribution >= 0.6 is 0 Å². The van der Waals surface area contributed by atoms with E-state index in [-0.39, 0.29) is 5.41 Å². The van der Waals surface area contributed by atoms with Gasteiger partial charge in [-0.05, 0) is 44.4 Å². The van der Waals surface area contributed by atoms with Gasteiger partial charge < -0.3 is 9.84 Å². The molecule has 1 unspecified atom stereocenters. The fourth-order valence-corrected chi connectivity index (χ4v) is 2.82. The Kier molecular flexibility index (Phi) is 3.50. The van der Waals surface area contributed by atoms with Crippen molar-refractivity contribution in [1.29, 1.82) is 0 Å². The maximum absolute atomic E-state index is 10.8. The number of benzene rings is 2. The van der Waals surface area contributed by atoms with Gasteiger partial charge in [-0.3, -0.25) is 0 Å². The van der Waals surface area contributed by atoms with Crippen LogP contribution in [0.3, 0.4) is 0 Å². The highest BCUT2D eigenvalue weighted by Gasteiger charge is 2.57. The van der Waals surface area contributed by atoms with Crippen molar-refractivity contribution in [2.45, 2.75) is 37.7 Å². The van der Waals surface area contributed by atoms with Crippen LogP contribution in [0.25, 0.3) is 0 Å². The molecule has 0 amide bonds. The molecule has 0 bridgehead atoms. The van der Waals surface area contributed by atoms with Gasteiger partial charge in [-0.1, -0.05) is 48.0 Å². The summed E-state index contributed by atoms with van der Waals surface area (Å²) in [6.07, 6.45) is 1.69. The Labute approximate surface area is 126 Å². The van der Waals surface area contributed by atoms with E-state index < -0.39 is 5.60 Å². The zero-order chi connectivity index (χ0) is 14.9. The maximum Gasteiger partial charge on any atom is 0.119 e. The van der Waals surface area contributed by atoms with Gasteiger partial charge in [-0.15, -0.1) is 0 Å². The first-order valence-electron chi connectivity index (χ1n) is 7.51. The molecule has 0 aromatic heterocycles. The Morgan fingerprint density at radius 1 is 1.05 bits per heavy atom. The normalized spacial score (nSPS) is 18.8. The first-order valence-corrected chi connectivity index (χ1v) is 7.51. The van der Waals surface area contributed by atoms with Gasteiger partial charge in [-0.25, -0.2) is 0 Å². The zero-order valence-electron chi connectivity index (χ0n) is 12.7. The molecule has 2 aromatic rings. The summed E-state index contributed by atoms with van der Waals surface area (Å²) in [5.74, 6) is 0.847. The quantitative estimate of drug-likeness (QED) is 0.902. The summed E-state index contributed by atoms with van der Waals surface area (Å²) < 4.78 is 5.96. The highest BCUT2D eigenvalue weighted by molar-refractivity contribution is 5.35. The fraction of sp³-hybridized carbons (Fsp3) is 0.368. The first-order chi connectivity index (χ1) is 10.0. The van der Waals surface area contributed by atoms with Crippen LogP contribution in [-0.2, 0) is 5.41 Å². The fourth-order valence-electron chi connectivity index (χ4n) is 2.82. The zero-order valence-corrected chi connectivity index (χ0v) is 12.7. The van der Waals surface area contributed by atoms with Crippen LogP contribution < -0.4 is 4.74 Å². The molecule has 21 heavy (non-hydrogen) atoms. The molecule has 1 atom stereocenters. The van der Waals surface area contributed by atoms with Crippen molar-refractivity contribution >= 4 is 0 Å². The molecule has 1 saturated carbocycles. The number of hydrogen-bond acceptors (Lipinski definition) is 2. The van der Waals surface area contributed by atoms with Gasteiger partial charge in [0.25, 0.3) is 0 Å². The van der Waals surface area contributed by atoms with Crippen LogP contribution in [-0.4, -0.2) is 17.3 Å². The second-order valence-corrected chi connectivity index (χ2v) is 6.33. The molecule has 2 nitrogen and oxygen atoms in total. The highest BCUT2D eigenvalue weighted by Crippen LogP contribution is 2.51. The summed E-state index contributed by atoms with van der Waals surface area (Å²) in [6.45, 7) is 4.66. The average molecular weight is 282 g/mol. The SMILES string of the molecule is Cc1ccc(C(C)(COc2ccccc2)C2(O)CC2)cc1. The van der Waals surface area contributed by atoms with Crippen molar-refractivity contribution in [1.82, 2.24) is 0 Å². The molecule has 2 aromatic carbocycles.